The van der Waals surface area contributed by atoms with Crippen molar-refractivity contribution in [2.75, 3.05) is 32.8 Å². The van der Waals surface area contributed by atoms with Crippen LogP contribution in [0, 0.1) is 11.8 Å². The first-order chi connectivity index (χ1) is 10.7. The summed E-state index contributed by atoms with van der Waals surface area (Å²) < 4.78 is 0. The molecule has 1 saturated heterocycles. The van der Waals surface area contributed by atoms with Gasteiger partial charge in [-0.3, -0.25) is 9.59 Å². The minimum Gasteiger partial charge on any atom is -0.387 e. The number of piperazine rings is 1. The van der Waals surface area contributed by atoms with Gasteiger partial charge in [-0.2, -0.15) is 0 Å². The summed E-state index contributed by atoms with van der Waals surface area (Å²) in [5, 5.41) is 8.90. The fourth-order valence-electron chi connectivity index (χ4n) is 3.80. The van der Waals surface area contributed by atoms with Gasteiger partial charge in [0.25, 0.3) is 0 Å². The molecule has 5 nitrogen and oxygen atoms in total. The van der Waals surface area contributed by atoms with Gasteiger partial charge in [0.05, 0.1) is 0 Å². The Kier molecular flexibility index (Phi) is 6.68. The van der Waals surface area contributed by atoms with Gasteiger partial charge >= 0.3 is 0 Å². The number of carbonyl (C=O) groups excluding carboxylic acids is 2. The molecule has 22 heavy (non-hydrogen) atoms. The maximum Gasteiger partial charge on any atom is 0.248 e. The van der Waals surface area contributed by atoms with Crippen molar-refractivity contribution in [1.82, 2.24) is 9.80 Å². The molecular weight excluding hydrogens is 280 g/mol. The summed E-state index contributed by atoms with van der Waals surface area (Å²) in [4.78, 5) is 27.8. The van der Waals surface area contributed by atoms with Crippen molar-refractivity contribution < 1.29 is 14.7 Å². The van der Waals surface area contributed by atoms with Gasteiger partial charge in [-0.25, -0.2) is 0 Å². The van der Waals surface area contributed by atoms with E-state index in [2.05, 4.69) is 6.92 Å². The fourth-order valence-corrected chi connectivity index (χ4v) is 3.80. The molecule has 1 atom stereocenters. The van der Waals surface area contributed by atoms with Crippen LogP contribution in [0.3, 0.4) is 0 Å². The molecule has 0 radical (unpaired) electrons. The van der Waals surface area contributed by atoms with Gasteiger partial charge in [0.15, 0.2) is 0 Å². The summed E-state index contributed by atoms with van der Waals surface area (Å²) in [7, 11) is 0. The third-order valence-corrected chi connectivity index (χ3v) is 5.26. The number of carbonyl (C=O) groups is 2. The number of aliphatic hydroxyl groups excluding tert-OH is 1. The minimum absolute atomic E-state index is 0.142. The van der Waals surface area contributed by atoms with Crippen molar-refractivity contribution in [2.24, 2.45) is 11.8 Å². The summed E-state index contributed by atoms with van der Waals surface area (Å²) in [6.45, 7) is 3.97. The summed E-state index contributed by atoms with van der Waals surface area (Å²) in [6, 6.07) is 0. The lowest BCUT2D eigenvalue weighted by Gasteiger charge is -2.37. The highest BCUT2D eigenvalue weighted by molar-refractivity contribution is 5.80. The van der Waals surface area contributed by atoms with Crippen LogP contribution in [0.5, 0.6) is 0 Å². The van der Waals surface area contributed by atoms with Crippen molar-refractivity contribution in [3.05, 3.63) is 0 Å². The van der Waals surface area contributed by atoms with Gasteiger partial charge in [-0.05, 0) is 18.8 Å². The normalized spacial score (nSPS) is 21.7. The number of aliphatic hydroxyl groups is 1. The average molecular weight is 310 g/mol. The molecule has 1 aliphatic heterocycles. The van der Waals surface area contributed by atoms with Crippen molar-refractivity contribution in [3.8, 4) is 0 Å². The third-order valence-electron chi connectivity index (χ3n) is 5.26. The first-order valence-corrected chi connectivity index (χ1v) is 8.83. The minimum atomic E-state index is -0.437. The Hall–Kier alpha value is -1.10. The lowest BCUT2D eigenvalue weighted by Crippen LogP contribution is -2.52. The molecule has 1 unspecified atom stereocenters. The summed E-state index contributed by atoms with van der Waals surface area (Å²) >= 11 is 0. The molecule has 1 saturated carbocycles. The zero-order valence-corrected chi connectivity index (χ0v) is 13.8. The number of hydrogen-bond acceptors (Lipinski definition) is 3. The van der Waals surface area contributed by atoms with E-state index in [0.717, 1.165) is 18.8 Å². The van der Waals surface area contributed by atoms with E-state index in [4.69, 9.17) is 5.11 Å². The Morgan fingerprint density at radius 1 is 1.05 bits per heavy atom. The van der Waals surface area contributed by atoms with Crippen LogP contribution in [-0.2, 0) is 9.59 Å². The highest BCUT2D eigenvalue weighted by Crippen LogP contribution is 2.31. The Morgan fingerprint density at radius 3 is 2.18 bits per heavy atom. The summed E-state index contributed by atoms with van der Waals surface area (Å²) in [5.74, 6) is 0.897. The molecule has 0 aromatic heterocycles. The van der Waals surface area contributed by atoms with Gasteiger partial charge in [0, 0.05) is 32.1 Å². The molecule has 5 heteroatoms. The first kappa shape index (κ1) is 17.3. The Balaban J connectivity index is 1.82. The van der Waals surface area contributed by atoms with Gasteiger partial charge in [-0.1, -0.05) is 39.0 Å². The fraction of sp³-hybridized carbons (Fsp3) is 0.882. The van der Waals surface area contributed by atoms with Crippen LogP contribution in [0.25, 0.3) is 0 Å². The Bertz CT molecular complexity index is 372. The smallest absolute Gasteiger partial charge is 0.248 e. The Labute approximate surface area is 133 Å². The maximum atomic E-state index is 12.7. The predicted molar refractivity (Wildman–Crippen MR) is 85.2 cm³/mol. The van der Waals surface area contributed by atoms with E-state index in [1.165, 1.54) is 32.1 Å². The molecule has 2 aliphatic rings. The molecule has 0 aromatic carbocycles. The molecule has 1 aliphatic carbocycles. The SMILES string of the molecule is CCC(CC1CCCCC1)C(=O)N1CCN(C(=O)CO)CC1. The molecular formula is C17H30N2O3. The zero-order chi connectivity index (χ0) is 15.9. The number of hydrogen-bond donors (Lipinski definition) is 1. The highest BCUT2D eigenvalue weighted by Gasteiger charge is 2.29. The van der Waals surface area contributed by atoms with Gasteiger partial charge in [0.1, 0.15) is 6.61 Å². The van der Waals surface area contributed by atoms with Crippen molar-refractivity contribution in [1.29, 1.82) is 0 Å². The summed E-state index contributed by atoms with van der Waals surface area (Å²) in [5.41, 5.74) is 0. The van der Waals surface area contributed by atoms with Crippen LogP contribution in [0.2, 0.25) is 0 Å². The van der Waals surface area contributed by atoms with Crippen LogP contribution in [0.15, 0.2) is 0 Å². The van der Waals surface area contributed by atoms with Crippen LogP contribution in [0.4, 0.5) is 0 Å². The molecule has 0 bridgehead atoms. The second-order valence-corrected chi connectivity index (χ2v) is 6.71. The molecule has 1 N–H and O–H groups in total. The van der Waals surface area contributed by atoms with Gasteiger partial charge in [-0.15, -0.1) is 0 Å². The van der Waals surface area contributed by atoms with Crippen LogP contribution < -0.4 is 0 Å². The monoisotopic (exact) mass is 310 g/mol. The van der Waals surface area contributed by atoms with Crippen molar-refractivity contribution >= 4 is 11.8 Å². The van der Waals surface area contributed by atoms with E-state index in [0.29, 0.717) is 26.2 Å². The van der Waals surface area contributed by atoms with Crippen molar-refractivity contribution in [2.45, 2.75) is 51.9 Å². The molecule has 0 spiro atoms. The number of nitrogens with zero attached hydrogens (tertiary/aromatic N) is 2. The van der Waals surface area contributed by atoms with E-state index >= 15 is 0 Å². The molecule has 1 heterocycles. The van der Waals surface area contributed by atoms with Gasteiger partial charge < -0.3 is 14.9 Å². The summed E-state index contributed by atoms with van der Waals surface area (Å²) in [6.07, 6.45) is 8.48. The third kappa shape index (κ3) is 4.45. The molecule has 2 amide bonds. The lowest BCUT2D eigenvalue weighted by atomic mass is 9.81. The predicted octanol–water partition coefficient (Wildman–Crippen LogP) is 1.65. The molecule has 0 aromatic rings. The molecule has 126 valence electrons. The van der Waals surface area contributed by atoms with E-state index in [1.807, 2.05) is 4.90 Å². The van der Waals surface area contributed by atoms with E-state index in [1.54, 1.807) is 4.90 Å². The first-order valence-electron chi connectivity index (χ1n) is 8.83. The van der Waals surface area contributed by atoms with Crippen LogP contribution in [0.1, 0.15) is 51.9 Å². The quantitative estimate of drug-likeness (QED) is 0.840. The van der Waals surface area contributed by atoms with Crippen LogP contribution in [-0.4, -0.2) is 59.5 Å². The second kappa shape index (κ2) is 8.51. The standard InChI is InChI=1S/C17H30N2O3/c1-2-15(12-14-6-4-3-5-7-14)17(22)19-10-8-18(9-11-19)16(21)13-20/h14-15,20H,2-13H2,1H3. The van der Waals surface area contributed by atoms with E-state index in [-0.39, 0.29) is 17.7 Å². The molecule has 2 fully saturated rings. The van der Waals surface area contributed by atoms with Crippen molar-refractivity contribution in [3.63, 3.8) is 0 Å². The number of amides is 2. The van der Waals surface area contributed by atoms with Gasteiger partial charge in [0.2, 0.25) is 11.8 Å². The largest absolute Gasteiger partial charge is 0.387 e. The average Bonchev–Trinajstić information content (AvgIpc) is 2.59. The zero-order valence-electron chi connectivity index (χ0n) is 13.8. The lowest BCUT2D eigenvalue weighted by molar-refractivity contribution is -0.143. The Morgan fingerprint density at radius 2 is 1.64 bits per heavy atom. The van der Waals surface area contributed by atoms with E-state index in [9.17, 15) is 9.59 Å². The second-order valence-electron chi connectivity index (χ2n) is 6.71. The topological polar surface area (TPSA) is 60.9 Å². The van der Waals surface area contributed by atoms with E-state index < -0.39 is 6.61 Å². The maximum absolute atomic E-state index is 12.7. The highest BCUT2D eigenvalue weighted by atomic mass is 16.3. The van der Waals surface area contributed by atoms with Crippen LogP contribution >= 0.6 is 0 Å². The molecule has 2 rings (SSSR count). The number of rotatable bonds is 5.